The maximum absolute atomic E-state index is 13.3. The number of ether oxygens (including phenoxy) is 1. The minimum absolute atomic E-state index is 0.163. The van der Waals surface area contributed by atoms with E-state index in [2.05, 4.69) is 4.98 Å². The second-order valence-electron chi connectivity index (χ2n) is 4.72. The van der Waals surface area contributed by atoms with Gasteiger partial charge in [-0.3, -0.25) is 9.19 Å². The van der Waals surface area contributed by atoms with Gasteiger partial charge in [0.05, 0.1) is 34.3 Å². The van der Waals surface area contributed by atoms with Crippen molar-refractivity contribution >= 4 is 16.5 Å². The highest BCUT2D eigenvalue weighted by Gasteiger charge is 2.15. The van der Waals surface area contributed by atoms with Gasteiger partial charge < -0.3 is 10.5 Å². The van der Waals surface area contributed by atoms with Crippen molar-refractivity contribution in [2.45, 2.75) is 24.5 Å². The fraction of sp³-hybridized carbons (Fsp3) is 0.267. The van der Waals surface area contributed by atoms with Crippen LogP contribution >= 0.6 is 0 Å². The number of hydrogen-bond acceptors (Lipinski definition) is 4. The van der Waals surface area contributed by atoms with E-state index >= 15 is 0 Å². The molecule has 0 saturated heterocycles. The number of nitrogen functional groups attached to an aromatic ring is 1. The Morgan fingerprint density at radius 3 is 2.76 bits per heavy atom. The molecule has 112 valence electrons. The molecule has 0 amide bonds. The monoisotopic (exact) mass is 308 g/mol. The molecule has 1 unspecified atom stereocenters. The number of nitrogens with zero attached hydrogens (tertiary/aromatic N) is 1. The zero-order chi connectivity index (χ0) is 15.6. The van der Waals surface area contributed by atoms with E-state index in [0.29, 0.717) is 11.4 Å². The number of benzene rings is 1. The van der Waals surface area contributed by atoms with Crippen LogP contribution in [0.2, 0.25) is 0 Å². The van der Waals surface area contributed by atoms with Crippen LogP contribution < -0.4 is 10.5 Å². The fourth-order valence-corrected chi connectivity index (χ4v) is 3.39. The van der Waals surface area contributed by atoms with Crippen molar-refractivity contribution in [2.24, 2.45) is 0 Å². The number of halogens is 1. The van der Waals surface area contributed by atoms with Crippen molar-refractivity contribution < 1.29 is 13.3 Å². The van der Waals surface area contributed by atoms with E-state index in [4.69, 9.17) is 10.5 Å². The van der Waals surface area contributed by atoms with E-state index in [0.717, 1.165) is 16.9 Å². The van der Waals surface area contributed by atoms with E-state index in [1.165, 1.54) is 18.2 Å². The molecule has 1 aromatic carbocycles. The Hall–Kier alpha value is -1.95. The molecule has 1 heterocycles. The van der Waals surface area contributed by atoms with Crippen LogP contribution in [0.25, 0.3) is 0 Å². The predicted octanol–water partition coefficient (Wildman–Crippen LogP) is 2.74. The quantitative estimate of drug-likeness (QED) is 0.882. The van der Waals surface area contributed by atoms with Gasteiger partial charge >= 0.3 is 0 Å². The number of rotatable bonds is 4. The Balaban J connectivity index is 2.34. The molecule has 2 rings (SSSR count). The first-order valence-electron chi connectivity index (χ1n) is 6.36. The van der Waals surface area contributed by atoms with Gasteiger partial charge in [-0.1, -0.05) is 0 Å². The lowest BCUT2D eigenvalue weighted by Crippen LogP contribution is -2.06. The van der Waals surface area contributed by atoms with Crippen LogP contribution in [0, 0.1) is 19.7 Å². The molecule has 0 radical (unpaired) electrons. The molecular formula is C15H17FN2O2S. The molecule has 2 aromatic rings. The van der Waals surface area contributed by atoms with E-state index in [1.807, 2.05) is 13.8 Å². The molecule has 0 fully saturated rings. The molecule has 0 spiro atoms. The summed E-state index contributed by atoms with van der Waals surface area (Å²) in [5.74, 6) is 0.429. The highest BCUT2D eigenvalue weighted by Crippen LogP contribution is 2.26. The molecule has 1 aromatic heterocycles. The number of aromatic nitrogens is 1. The van der Waals surface area contributed by atoms with E-state index < -0.39 is 16.6 Å². The van der Waals surface area contributed by atoms with Gasteiger partial charge in [-0.05, 0) is 32.0 Å². The summed E-state index contributed by atoms with van der Waals surface area (Å²) in [6, 6.07) is 3.86. The topological polar surface area (TPSA) is 65.2 Å². The van der Waals surface area contributed by atoms with E-state index in [-0.39, 0.29) is 10.6 Å². The van der Waals surface area contributed by atoms with E-state index in [9.17, 15) is 8.60 Å². The average molecular weight is 308 g/mol. The van der Waals surface area contributed by atoms with Crippen molar-refractivity contribution in [3.05, 3.63) is 47.0 Å². The Bertz CT molecular complexity index is 704. The summed E-state index contributed by atoms with van der Waals surface area (Å²) in [5.41, 5.74) is 8.47. The van der Waals surface area contributed by atoms with Gasteiger partial charge in [0.2, 0.25) is 0 Å². The Labute approximate surface area is 125 Å². The number of pyridine rings is 1. The normalized spacial score (nSPS) is 12.2. The SMILES string of the molecule is COc1c(C)cnc(CS(=O)c2cc(F)ccc2N)c1C. The molecule has 0 saturated carbocycles. The highest BCUT2D eigenvalue weighted by molar-refractivity contribution is 7.84. The summed E-state index contributed by atoms with van der Waals surface area (Å²) in [4.78, 5) is 4.58. The van der Waals surface area contributed by atoms with Gasteiger partial charge in [0, 0.05) is 23.0 Å². The average Bonchev–Trinajstić information content (AvgIpc) is 2.45. The van der Waals surface area contributed by atoms with Crippen LogP contribution in [0.4, 0.5) is 10.1 Å². The van der Waals surface area contributed by atoms with Gasteiger partial charge in [0.15, 0.2) is 0 Å². The Morgan fingerprint density at radius 1 is 1.38 bits per heavy atom. The van der Waals surface area contributed by atoms with E-state index in [1.54, 1.807) is 13.3 Å². The second-order valence-corrected chi connectivity index (χ2v) is 6.14. The Kier molecular flexibility index (Phi) is 4.57. The summed E-state index contributed by atoms with van der Waals surface area (Å²) in [6.07, 6.45) is 1.67. The summed E-state index contributed by atoms with van der Waals surface area (Å²) in [6.45, 7) is 3.75. The smallest absolute Gasteiger partial charge is 0.128 e. The predicted molar refractivity (Wildman–Crippen MR) is 81.2 cm³/mol. The van der Waals surface area contributed by atoms with Gasteiger partial charge in [-0.25, -0.2) is 4.39 Å². The third kappa shape index (κ3) is 3.21. The van der Waals surface area contributed by atoms with Crippen LogP contribution in [0.3, 0.4) is 0 Å². The maximum atomic E-state index is 13.3. The highest BCUT2D eigenvalue weighted by atomic mass is 32.2. The van der Waals surface area contributed by atoms with Crippen molar-refractivity contribution in [1.29, 1.82) is 0 Å². The lowest BCUT2D eigenvalue weighted by atomic mass is 10.1. The van der Waals surface area contributed by atoms with Crippen molar-refractivity contribution in [3.8, 4) is 5.75 Å². The first kappa shape index (κ1) is 15.4. The second kappa shape index (κ2) is 6.22. The first-order valence-corrected chi connectivity index (χ1v) is 7.68. The van der Waals surface area contributed by atoms with Crippen LogP contribution in [0.15, 0.2) is 29.3 Å². The Morgan fingerprint density at radius 2 is 2.10 bits per heavy atom. The minimum atomic E-state index is -1.47. The van der Waals surface area contributed by atoms with Crippen molar-refractivity contribution in [2.75, 3.05) is 12.8 Å². The summed E-state index contributed by atoms with van der Waals surface area (Å²) < 4.78 is 31.0. The van der Waals surface area contributed by atoms with Crippen LogP contribution in [0.1, 0.15) is 16.8 Å². The number of anilines is 1. The maximum Gasteiger partial charge on any atom is 0.128 e. The first-order chi connectivity index (χ1) is 9.93. The van der Waals surface area contributed by atoms with Crippen LogP contribution in [-0.4, -0.2) is 16.3 Å². The molecule has 1 atom stereocenters. The minimum Gasteiger partial charge on any atom is -0.496 e. The lowest BCUT2D eigenvalue weighted by Gasteiger charge is -2.12. The van der Waals surface area contributed by atoms with Crippen LogP contribution in [0.5, 0.6) is 5.75 Å². The zero-order valence-electron chi connectivity index (χ0n) is 12.1. The molecule has 0 aliphatic rings. The summed E-state index contributed by atoms with van der Waals surface area (Å²) in [7, 11) is 0.118. The largest absolute Gasteiger partial charge is 0.496 e. The molecule has 21 heavy (non-hydrogen) atoms. The standard InChI is InChI=1S/C15H17FN2O2S/c1-9-7-18-13(10(2)15(9)20-3)8-21(19)14-6-11(16)4-5-12(14)17/h4-7H,8,17H2,1-3H3. The number of methoxy groups -OCH3 is 1. The molecule has 6 heteroatoms. The molecule has 0 aliphatic carbocycles. The fourth-order valence-electron chi connectivity index (χ4n) is 2.12. The molecule has 2 N–H and O–H groups in total. The summed E-state index contributed by atoms with van der Waals surface area (Å²) in [5, 5.41) is 0. The number of aryl methyl sites for hydroxylation is 1. The third-order valence-corrected chi connectivity index (χ3v) is 4.62. The number of hydrogen-bond donors (Lipinski definition) is 1. The van der Waals surface area contributed by atoms with Gasteiger partial charge in [-0.15, -0.1) is 0 Å². The summed E-state index contributed by atoms with van der Waals surface area (Å²) >= 11 is 0. The van der Waals surface area contributed by atoms with Crippen LogP contribution in [-0.2, 0) is 16.6 Å². The third-order valence-electron chi connectivity index (χ3n) is 3.24. The molecular weight excluding hydrogens is 291 g/mol. The molecule has 4 nitrogen and oxygen atoms in total. The van der Waals surface area contributed by atoms with Gasteiger partial charge in [0.25, 0.3) is 0 Å². The molecule has 0 aliphatic heterocycles. The number of nitrogens with two attached hydrogens (primary N) is 1. The van der Waals surface area contributed by atoms with Crippen molar-refractivity contribution in [3.63, 3.8) is 0 Å². The lowest BCUT2D eigenvalue weighted by molar-refractivity contribution is 0.407. The zero-order valence-corrected chi connectivity index (χ0v) is 13.0. The molecule has 0 bridgehead atoms. The van der Waals surface area contributed by atoms with Crippen molar-refractivity contribution in [1.82, 2.24) is 4.98 Å². The van der Waals surface area contributed by atoms with Gasteiger partial charge in [0.1, 0.15) is 11.6 Å². The van der Waals surface area contributed by atoms with Gasteiger partial charge in [-0.2, -0.15) is 0 Å².